The summed E-state index contributed by atoms with van der Waals surface area (Å²) in [5.41, 5.74) is 3.70. The molecule has 154 valence electrons. The molecule has 5 nitrogen and oxygen atoms in total. The normalized spacial score (nSPS) is 14.3. The summed E-state index contributed by atoms with van der Waals surface area (Å²) in [7, 11) is 0. The molecular formula is C25H26N2O3. The molecule has 0 aliphatic carbocycles. The molecule has 3 aromatic carbocycles. The standard InChI is InChI=1S/C25H26N2O3/c28-25(22-8-6-20(7-9-22)18-27-14-16-29-17-15-27)26-23-10-12-24(13-11-23)30-19-21-4-2-1-3-5-21/h1-13H,14-19H2,(H,26,28). The zero-order valence-electron chi connectivity index (χ0n) is 16.9. The zero-order valence-corrected chi connectivity index (χ0v) is 16.9. The molecule has 0 aromatic heterocycles. The first kappa shape index (κ1) is 20.1. The van der Waals surface area contributed by atoms with Gasteiger partial charge in [-0.05, 0) is 47.5 Å². The number of hydrogen-bond donors (Lipinski definition) is 1. The van der Waals surface area contributed by atoms with Crippen molar-refractivity contribution in [2.24, 2.45) is 0 Å². The van der Waals surface area contributed by atoms with Crippen molar-refractivity contribution in [2.75, 3.05) is 31.6 Å². The Labute approximate surface area is 177 Å². The molecule has 1 aliphatic heterocycles. The Balaban J connectivity index is 1.28. The summed E-state index contributed by atoms with van der Waals surface area (Å²) >= 11 is 0. The lowest BCUT2D eigenvalue weighted by Gasteiger charge is -2.26. The number of anilines is 1. The highest BCUT2D eigenvalue weighted by molar-refractivity contribution is 6.04. The van der Waals surface area contributed by atoms with Gasteiger partial charge in [0, 0.05) is 30.9 Å². The highest BCUT2D eigenvalue weighted by Crippen LogP contribution is 2.18. The van der Waals surface area contributed by atoms with Gasteiger partial charge in [-0.25, -0.2) is 0 Å². The van der Waals surface area contributed by atoms with Gasteiger partial charge < -0.3 is 14.8 Å². The number of carbonyl (C=O) groups excluding carboxylic acids is 1. The van der Waals surface area contributed by atoms with Gasteiger partial charge in [0.1, 0.15) is 12.4 Å². The van der Waals surface area contributed by atoms with Gasteiger partial charge in [-0.3, -0.25) is 9.69 Å². The zero-order chi connectivity index (χ0) is 20.6. The van der Waals surface area contributed by atoms with Crippen LogP contribution in [0.2, 0.25) is 0 Å². The maximum atomic E-state index is 12.5. The maximum Gasteiger partial charge on any atom is 0.255 e. The summed E-state index contributed by atoms with van der Waals surface area (Å²) in [5, 5.41) is 2.94. The average molecular weight is 402 g/mol. The molecule has 4 rings (SSSR count). The molecule has 1 fully saturated rings. The van der Waals surface area contributed by atoms with E-state index in [0.29, 0.717) is 12.2 Å². The van der Waals surface area contributed by atoms with E-state index in [4.69, 9.17) is 9.47 Å². The van der Waals surface area contributed by atoms with Crippen molar-refractivity contribution >= 4 is 11.6 Å². The van der Waals surface area contributed by atoms with Gasteiger partial charge in [-0.15, -0.1) is 0 Å². The molecule has 1 heterocycles. The fraction of sp³-hybridized carbons (Fsp3) is 0.240. The van der Waals surface area contributed by atoms with Crippen molar-refractivity contribution in [1.82, 2.24) is 4.90 Å². The summed E-state index contributed by atoms with van der Waals surface area (Å²) in [4.78, 5) is 14.9. The number of carbonyl (C=O) groups is 1. The summed E-state index contributed by atoms with van der Waals surface area (Å²) in [6.07, 6.45) is 0. The molecule has 1 N–H and O–H groups in total. The van der Waals surface area contributed by atoms with E-state index in [1.165, 1.54) is 5.56 Å². The SMILES string of the molecule is O=C(Nc1ccc(OCc2ccccc2)cc1)c1ccc(CN2CCOCC2)cc1. The number of rotatable bonds is 7. The maximum absolute atomic E-state index is 12.5. The third kappa shape index (κ3) is 5.69. The predicted octanol–water partition coefficient (Wildman–Crippen LogP) is 4.35. The van der Waals surface area contributed by atoms with Gasteiger partial charge in [0.25, 0.3) is 5.91 Å². The van der Waals surface area contributed by atoms with E-state index < -0.39 is 0 Å². The summed E-state index contributed by atoms with van der Waals surface area (Å²) in [6, 6.07) is 25.3. The van der Waals surface area contributed by atoms with E-state index in [2.05, 4.69) is 10.2 Å². The molecule has 3 aromatic rings. The minimum atomic E-state index is -0.120. The molecule has 5 heteroatoms. The lowest BCUT2D eigenvalue weighted by molar-refractivity contribution is 0.0342. The third-order valence-corrected chi connectivity index (χ3v) is 5.09. The molecule has 0 bridgehead atoms. The highest BCUT2D eigenvalue weighted by Gasteiger charge is 2.11. The summed E-state index contributed by atoms with van der Waals surface area (Å²) in [5.74, 6) is 0.648. The van der Waals surface area contributed by atoms with Gasteiger partial charge in [0.05, 0.1) is 13.2 Å². The Morgan fingerprint density at radius 1 is 0.867 bits per heavy atom. The highest BCUT2D eigenvalue weighted by atomic mass is 16.5. The minimum absolute atomic E-state index is 0.120. The van der Waals surface area contributed by atoms with Crippen LogP contribution in [-0.2, 0) is 17.9 Å². The van der Waals surface area contributed by atoms with E-state index in [-0.39, 0.29) is 5.91 Å². The lowest BCUT2D eigenvalue weighted by atomic mass is 10.1. The van der Waals surface area contributed by atoms with Crippen LogP contribution in [0.5, 0.6) is 5.75 Å². The Kier molecular flexibility index (Phi) is 6.75. The predicted molar refractivity (Wildman–Crippen MR) is 118 cm³/mol. The van der Waals surface area contributed by atoms with Crippen molar-refractivity contribution in [3.63, 3.8) is 0 Å². The van der Waals surface area contributed by atoms with Crippen molar-refractivity contribution in [2.45, 2.75) is 13.2 Å². The van der Waals surface area contributed by atoms with Gasteiger partial charge in [0.2, 0.25) is 0 Å². The van der Waals surface area contributed by atoms with Crippen LogP contribution in [0.3, 0.4) is 0 Å². The number of morpholine rings is 1. The van der Waals surface area contributed by atoms with Gasteiger partial charge in [0.15, 0.2) is 0 Å². The fourth-order valence-electron chi connectivity index (χ4n) is 3.36. The number of nitrogens with one attached hydrogen (secondary N) is 1. The molecule has 1 aliphatic rings. The second-order valence-electron chi connectivity index (χ2n) is 7.34. The van der Waals surface area contributed by atoms with Gasteiger partial charge in [-0.2, -0.15) is 0 Å². The first-order chi connectivity index (χ1) is 14.8. The average Bonchev–Trinajstić information content (AvgIpc) is 2.80. The molecule has 30 heavy (non-hydrogen) atoms. The van der Waals surface area contributed by atoms with Gasteiger partial charge >= 0.3 is 0 Å². The van der Waals surface area contributed by atoms with Crippen LogP contribution in [0.1, 0.15) is 21.5 Å². The molecule has 0 radical (unpaired) electrons. The second kappa shape index (κ2) is 10.1. The van der Waals surface area contributed by atoms with E-state index in [1.54, 1.807) is 0 Å². The number of amides is 1. The Morgan fingerprint density at radius 2 is 1.57 bits per heavy atom. The van der Waals surface area contributed by atoms with Gasteiger partial charge in [-0.1, -0.05) is 42.5 Å². The number of hydrogen-bond acceptors (Lipinski definition) is 4. The van der Waals surface area contributed by atoms with Crippen LogP contribution in [0.4, 0.5) is 5.69 Å². The number of nitrogens with zero attached hydrogens (tertiary/aromatic N) is 1. The van der Waals surface area contributed by atoms with Crippen molar-refractivity contribution < 1.29 is 14.3 Å². The van der Waals surface area contributed by atoms with E-state index >= 15 is 0 Å². The molecule has 0 saturated carbocycles. The van der Waals surface area contributed by atoms with Crippen molar-refractivity contribution in [3.05, 3.63) is 95.6 Å². The molecule has 1 amide bonds. The molecule has 0 unspecified atom stereocenters. The Morgan fingerprint density at radius 3 is 2.27 bits per heavy atom. The Bertz CT molecular complexity index is 934. The minimum Gasteiger partial charge on any atom is -0.489 e. The summed E-state index contributed by atoms with van der Waals surface area (Å²) in [6.45, 7) is 4.88. The number of benzene rings is 3. The third-order valence-electron chi connectivity index (χ3n) is 5.09. The van der Waals surface area contributed by atoms with Crippen LogP contribution >= 0.6 is 0 Å². The van der Waals surface area contributed by atoms with E-state index in [9.17, 15) is 4.79 Å². The molecule has 0 spiro atoms. The quantitative estimate of drug-likeness (QED) is 0.638. The molecule has 1 saturated heterocycles. The number of ether oxygens (including phenoxy) is 2. The first-order valence-electron chi connectivity index (χ1n) is 10.2. The molecular weight excluding hydrogens is 376 g/mol. The lowest BCUT2D eigenvalue weighted by Crippen LogP contribution is -2.35. The van der Waals surface area contributed by atoms with Crippen LogP contribution in [0, 0.1) is 0 Å². The monoisotopic (exact) mass is 402 g/mol. The first-order valence-corrected chi connectivity index (χ1v) is 10.2. The van der Waals surface area contributed by atoms with Crippen LogP contribution in [-0.4, -0.2) is 37.1 Å². The molecule has 0 atom stereocenters. The van der Waals surface area contributed by atoms with Crippen LogP contribution in [0.25, 0.3) is 0 Å². The van der Waals surface area contributed by atoms with E-state index in [1.807, 2.05) is 78.9 Å². The van der Waals surface area contributed by atoms with Crippen LogP contribution in [0.15, 0.2) is 78.9 Å². The Hall–Kier alpha value is -3.15. The smallest absolute Gasteiger partial charge is 0.255 e. The summed E-state index contributed by atoms with van der Waals surface area (Å²) < 4.78 is 11.2. The van der Waals surface area contributed by atoms with Crippen molar-refractivity contribution in [3.8, 4) is 5.75 Å². The topological polar surface area (TPSA) is 50.8 Å². The second-order valence-corrected chi connectivity index (χ2v) is 7.34. The van der Waals surface area contributed by atoms with Crippen LogP contribution < -0.4 is 10.1 Å². The van der Waals surface area contributed by atoms with Crippen molar-refractivity contribution in [1.29, 1.82) is 0 Å². The van der Waals surface area contributed by atoms with E-state index in [0.717, 1.165) is 49.8 Å². The largest absolute Gasteiger partial charge is 0.489 e. The fourth-order valence-corrected chi connectivity index (χ4v) is 3.36.